The number of aromatic nitrogens is 6. The van der Waals surface area contributed by atoms with Gasteiger partial charge in [0.1, 0.15) is 18.5 Å². The van der Waals surface area contributed by atoms with Gasteiger partial charge in [-0.2, -0.15) is 4.52 Å². The minimum atomic E-state index is -0.283. The first-order valence-corrected chi connectivity index (χ1v) is 8.82. The lowest BCUT2D eigenvalue weighted by atomic mass is 9.87. The second-order valence-corrected chi connectivity index (χ2v) is 7.23. The van der Waals surface area contributed by atoms with Crippen molar-refractivity contribution >= 4 is 17.3 Å². The van der Waals surface area contributed by atoms with E-state index >= 15 is 0 Å². The number of piperazine rings is 1. The van der Waals surface area contributed by atoms with Gasteiger partial charge >= 0.3 is 0 Å². The highest BCUT2D eigenvalue weighted by Crippen LogP contribution is 2.39. The molecule has 26 heavy (non-hydrogen) atoms. The molecule has 0 aliphatic carbocycles. The summed E-state index contributed by atoms with van der Waals surface area (Å²) in [6.07, 6.45) is 4.12. The maximum Gasteiger partial charge on any atom is 0.187 e. The van der Waals surface area contributed by atoms with Crippen molar-refractivity contribution in [1.29, 1.82) is 0 Å². The van der Waals surface area contributed by atoms with Crippen molar-refractivity contribution in [2.24, 2.45) is 0 Å². The van der Waals surface area contributed by atoms with Crippen molar-refractivity contribution in [3.05, 3.63) is 36.3 Å². The van der Waals surface area contributed by atoms with Crippen LogP contribution in [0, 0.1) is 5.82 Å². The molecule has 3 aromatic rings. The highest BCUT2D eigenvalue weighted by molar-refractivity contribution is 5.54. The van der Waals surface area contributed by atoms with Gasteiger partial charge in [-0.3, -0.25) is 0 Å². The lowest BCUT2D eigenvalue weighted by Crippen LogP contribution is -2.69. The maximum atomic E-state index is 14.9. The molecule has 0 amide bonds. The Hall–Kier alpha value is -2.84. The van der Waals surface area contributed by atoms with Crippen LogP contribution in [0.1, 0.15) is 31.9 Å². The van der Waals surface area contributed by atoms with Gasteiger partial charge in [0.25, 0.3) is 0 Å². The van der Waals surface area contributed by atoms with E-state index in [2.05, 4.69) is 35.1 Å². The second-order valence-electron chi connectivity index (χ2n) is 7.23. The largest absolute Gasteiger partial charge is 0.351 e. The summed E-state index contributed by atoms with van der Waals surface area (Å²) >= 11 is 0. The molecule has 9 heteroatoms. The van der Waals surface area contributed by atoms with E-state index in [4.69, 9.17) is 0 Å². The van der Waals surface area contributed by atoms with Crippen molar-refractivity contribution in [3.8, 4) is 0 Å². The topological polar surface area (TPSA) is 75.3 Å². The fourth-order valence-corrected chi connectivity index (χ4v) is 3.99. The first-order valence-electron chi connectivity index (χ1n) is 8.82. The van der Waals surface area contributed by atoms with Crippen LogP contribution in [0.15, 0.2) is 24.8 Å². The highest BCUT2D eigenvalue weighted by Gasteiger charge is 2.47. The molecule has 2 unspecified atom stereocenters. The van der Waals surface area contributed by atoms with Crippen molar-refractivity contribution in [2.45, 2.75) is 38.3 Å². The first kappa shape index (κ1) is 15.4. The third-order valence-corrected chi connectivity index (χ3v) is 5.25. The molecule has 3 aliphatic heterocycles. The zero-order valence-corrected chi connectivity index (χ0v) is 14.6. The summed E-state index contributed by atoms with van der Waals surface area (Å²) in [5.74, 6) is 1.08. The van der Waals surface area contributed by atoms with E-state index in [9.17, 15) is 4.39 Å². The molecule has 3 fully saturated rings. The van der Waals surface area contributed by atoms with Gasteiger partial charge in [-0.1, -0.05) is 13.8 Å². The summed E-state index contributed by atoms with van der Waals surface area (Å²) in [7, 11) is 0. The Labute approximate surface area is 149 Å². The fraction of sp³-hybridized carbons (Fsp3) is 0.471. The van der Waals surface area contributed by atoms with E-state index in [0.29, 0.717) is 11.5 Å². The van der Waals surface area contributed by atoms with Crippen LogP contribution in [0.3, 0.4) is 0 Å². The predicted molar refractivity (Wildman–Crippen MR) is 93.7 cm³/mol. The Kier molecular flexibility index (Phi) is 3.31. The summed E-state index contributed by atoms with van der Waals surface area (Å²) in [5, 5.41) is 12.4. The van der Waals surface area contributed by atoms with Gasteiger partial charge < -0.3 is 9.80 Å². The molecule has 0 spiro atoms. The van der Waals surface area contributed by atoms with E-state index in [-0.39, 0.29) is 23.8 Å². The molecule has 3 saturated heterocycles. The van der Waals surface area contributed by atoms with Gasteiger partial charge in [0.2, 0.25) is 0 Å². The summed E-state index contributed by atoms with van der Waals surface area (Å²) in [5.41, 5.74) is 1.21. The molecule has 6 heterocycles. The molecule has 134 valence electrons. The Morgan fingerprint density at radius 3 is 2.73 bits per heavy atom. The molecule has 3 aromatic heterocycles. The summed E-state index contributed by atoms with van der Waals surface area (Å²) < 4.78 is 16.5. The minimum absolute atomic E-state index is 0.0362. The molecule has 6 rings (SSSR count). The van der Waals surface area contributed by atoms with Crippen LogP contribution < -0.4 is 9.80 Å². The number of rotatable bonds is 3. The van der Waals surface area contributed by atoms with Crippen LogP contribution in [0.5, 0.6) is 0 Å². The van der Waals surface area contributed by atoms with Crippen LogP contribution in [0.2, 0.25) is 0 Å². The smallest absolute Gasteiger partial charge is 0.187 e. The SMILES string of the molecule is CC(C)c1ncnc(N2C3CC2CN(c2ccc4nncn4n2)C3)c1F. The van der Waals surface area contributed by atoms with Crippen LogP contribution >= 0.6 is 0 Å². The van der Waals surface area contributed by atoms with Crippen LogP contribution in [0.4, 0.5) is 16.0 Å². The summed E-state index contributed by atoms with van der Waals surface area (Å²) in [6, 6.07) is 4.33. The average Bonchev–Trinajstić information content (AvgIpc) is 3.11. The van der Waals surface area contributed by atoms with E-state index in [0.717, 1.165) is 31.0 Å². The number of piperidine rings is 1. The van der Waals surface area contributed by atoms with Crippen LogP contribution in [-0.4, -0.2) is 55.0 Å². The van der Waals surface area contributed by atoms with Gasteiger partial charge in [-0.25, -0.2) is 14.4 Å². The fourth-order valence-electron chi connectivity index (χ4n) is 3.99. The molecule has 0 radical (unpaired) electrons. The number of nitrogens with zero attached hydrogens (tertiary/aromatic N) is 8. The highest BCUT2D eigenvalue weighted by atomic mass is 19.1. The third-order valence-electron chi connectivity index (χ3n) is 5.25. The lowest BCUT2D eigenvalue weighted by molar-refractivity contribution is 0.283. The Balaban J connectivity index is 1.40. The Morgan fingerprint density at radius 1 is 1.15 bits per heavy atom. The van der Waals surface area contributed by atoms with Gasteiger partial charge in [-0.15, -0.1) is 15.3 Å². The van der Waals surface area contributed by atoms with E-state index < -0.39 is 0 Å². The summed E-state index contributed by atoms with van der Waals surface area (Å²) in [4.78, 5) is 12.7. The summed E-state index contributed by atoms with van der Waals surface area (Å²) in [6.45, 7) is 5.47. The molecule has 8 nitrogen and oxygen atoms in total. The zero-order chi connectivity index (χ0) is 17.8. The number of anilines is 2. The lowest BCUT2D eigenvalue weighted by Gasteiger charge is -2.57. The quantitative estimate of drug-likeness (QED) is 0.708. The third kappa shape index (κ3) is 2.23. The Morgan fingerprint density at radius 2 is 1.96 bits per heavy atom. The zero-order valence-electron chi connectivity index (χ0n) is 14.6. The number of fused-ring (bicyclic) bond motifs is 3. The van der Waals surface area contributed by atoms with E-state index in [1.54, 1.807) is 10.8 Å². The minimum Gasteiger partial charge on any atom is -0.351 e. The van der Waals surface area contributed by atoms with Crippen molar-refractivity contribution < 1.29 is 4.39 Å². The van der Waals surface area contributed by atoms with Crippen LogP contribution in [-0.2, 0) is 0 Å². The molecule has 2 bridgehead atoms. The monoisotopic (exact) mass is 354 g/mol. The predicted octanol–water partition coefficient (Wildman–Crippen LogP) is 1.64. The first-order chi connectivity index (χ1) is 12.6. The molecular weight excluding hydrogens is 335 g/mol. The molecule has 0 saturated carbocycles. The number of hydrogen-bond acceptors (Lipinski definition) is 7. The van der Waals surface area contributed by atoms with Crippen LogP contribution in [0.25, 0.3) is 5.65 Å². The molecule has 2 atom stereocenters. The number of halogens is 1. The van der Waals surface area contributed by atoms with Crippen molar-refractivity contribution in [3.63, 3.8) is 0 Å². The molecule has 3 aliphatic rings. The molecular formula is C17H19FN8. The van der Waals surface area contributed by atoms with Gasteiger partial charge in [0, 0.05) is 13.1 Å². The average molecular weight is 354 g/mol. The standard InChI is InChI=1S/C17H19FN8/c1-10(2)16-15(18)17(20-8-19-16)26-11-5-12(26)7-24(6-11)14-4-3-13-22-21-9-25(13)23-14/h3-4,8-12H,5-7H2,1-2H3. The van der Waals surface area contributed by atoms with Gasteiger partial charge in [0.15, 0.2) is 17.3 Å². The van der Waals surface area contributed by atoms with Gasteiger partial charge in [0.05, 0.1) is 17.8 Å². The van der Waals surface area contributed by atoms with Crippen molar-refractivity contribution in [2.75, 3.05) is 22.9 Å². The number of hydrogen-bond donors (Lipinski definition) is 0. The van der Waals surface area contributed by atoms with Crippen molar-refractivity contribution in [1.82, 2.24) is 29.8 Å². The Bertz CT molecular complexity index is 958. The second kappa shape index (κ2) is 5.58. The molecule has 0 aromatic carbocycles. The maximum absolute atomic E-state index is 14.9. The van der Waals surface area contributed by atoms with E-state index in [1.807, 2.05) is 26.0 Å². The normalized spacial score (nSPS) is 22.2. The van der Waals surface area contributed by atoms with Gasteiger partial charge in [-0.05, 0) is 24.5 Å². The molecule has 0 N–H and O–H groups in total. The van der Waals surface area contributed by atoms with E-state index in [1.165, 1.54) is 6.33 Å².